The molecule has 0 saturated carbocycles. The van der Waals surface area contributed by atoms with E-state index < -0.39 is 0 Å². The first-order valence-electron chi connectivity index (χ1n) is 5.55. The third kappa shape index (κ3) is 2.38. The summed E-state index contributed by atoms with van der Waals surface area (Å²) in [5.41, 5.74) is 11.2. The van der Waals surface area contributed by atoms with Gasteiger partial charge in [-0.25, -0.2) is 0 Å². The number of nitrogen functional groups attached to an aromatic ring is 1. The van der Waals surface area contributed by atoms with Crippen LogP contribution in [0.15, 0.2) is 47.1 Å². The van der Waals surface area contributed by atoms with Gasteiger partial charge in [-0.05, 0) is 24.6 Å². The van der Waals surface area contributed by atoms with Gasteiger partial charge in [0.25, 0.3) is 0 Å². The Morgan fingerprint density at radius 2 is 2.00 bits per heavy atom. The molecule has 88 valence electrons. The molecule has 0 aromatic heterocycles. The molecule has 1 aliphatic rings. The summed E-state index contributed by atoms with van der Waals surface area (Å²) in [6.07, 6.45) is 4.81. The highest BCUT2D eigenvalue weighted by atomic mass is 16.6. The smallest absolute Gasteiger partial charge is 0.106 e. The zero-order valence-corrected chi connectivity index (χ0v) is 10.1. The minimum atomic E-state index is 0.800. The summed E-state index contributed by atoms with van der Waals surface area (Å²) in [7, 11) is 1.56. The molecule has 1 aromatic rings. The van der Waals surface area contributed by atoms with Gasteiger partial charge in [-0.2, -0.15) is 0 Å². The number of nitrogens with two attached hydrogens (primary N) is 1. The third-order valence-electron chi connectivity index (χ3n) is 2.81. The summed E-state index contributed by atoms with van der Waals surface area (Å²) in [6, 6.07) is 7.90. The molecule has 1 aromatic carbocycles. The molecule has 0 atom stereocenters. The van der Waals surface area contributed by atoms with Crippen LogP contribution in [0.25, 0.3) is 5.57 Å². The van der Waals surface area contributed by atoms with Crippen LogP contribution in [0.2, 0.25) is 0 Å². The van der Waals surface area contributed by atoms with Crippen LogP contribution in [0.3, 0.4) is 0 Å². The van der Waals surface area contributed by atoms with Crippen LogP contribution in [0.5, 0.6) is 0 Å². The van der Waals surface area contributed by atoms with E-state index in [1.807, 2.05) is 36.4 Å². The van der Waals surface area contributed by atoms with Crippen LogP contribution in [0.4, 0.5) is 5.69 Å². The molecule has 0 bridgehead atoms. The highest BCUT2D eigenvalue weighted by Gasteiger charge is 2.12. The Labute approximate surface area is 101 Å². The Hall–Kier alpha value is -2.03. The van der Waals surface area contributed by atoms with Crippen molar-refractivity contribution in [2.45, 2.75) is 13.3 Å². The second kappa shape index (κ2) is 4.87. The van der Waals surface area contributed by atoms with E-state index in [1.165, 1.54) is 11.1 Å². The largest absolute Gasteiger partial charge is 0.399 e. The number of rotatable bonds is 2. The molecule has 0 amide bonds. The van der Waals surface area contributed by atoms with Crippen molar-refractivity contribution in [2.75, 3.05) is 12.8 Å². The Morgan fingerprint density at radius 1 is 1.24 bits per heavy atom. The average Bonchev–Trinajstić information content (AvgIpc) is 2.31. The fourth-order valence-corrected chi connectivity index (χ4v) is 1.99. The summed E-state index contributed by atoms with van der Waals surface area (Å²) in [6.45, 7) is 2.09. The second-order valence-corrected chi connectivity index (χ2v) is 4.06. The summed E-state index contributed by atoms with van der Waals surface area (Å²) >= 11 is 0. The van der Waals surface area contributed by atoms with Crippen LogP contribution in [-0.4, -0.2) is 12.8 Å². The lowest BCUT2D eigenvalue weighted by atomic mass is 9.91. The topological polar surface area (TPSA) is 47.6 Å². The zero-order chi connectivity index (χ0) is 12.3. The van der Waals surface area contributed by atoms with E-state index in [0.717, 1.165) is 23.4 Å². The van der Waals surface area contributed by atoms with Crippen LogP contribution in [0.1, 0.15) is 18.9 Å². The standard InChI is InChI=1S/C14H16N2O/c1-10-9-11(16-17-2)7-8-12(10)13-5-3-4-6-14(13)15/h3-8H,9,15H2,1-2H3. The highest BCUT2D eigenvalue weighted by Crippen LogP contribution is 2.29. The molecule has 2 N–H and O–H groups in total. The van der Waals surface area contributed by atoms with Crippen molar-refractivity contribution in [3.8, 4) is 0 Å². The van der Waals surface area contributed by atoms with Gasteiger partial charge in [0.05, 0.1) is 5.71 Å². The van der Waals surface area contributed by atoms with Gasteiger partial charge in [0.1, 0.15) is 7.11 Å². The maximum Gasteiger partial charge on any atom is 0.106 e. The number of oxime groups is 1. The maximum atomic E-state index is 5.98. The summed E-state index contributed by atoms with van der Waals surface area (Å²) in [5, 5.41) is 3.95. The van der Waals surface area contributed by atoms with Crippen molar-refractivity contribution in [3.05, 3.63) is 47.6 Å². The van der Waals surface area contributed by atoms with E-state index in [-0.39, 0.29) is 0 Å². The molecule has 0 aliphatic heterocycles. The van der Waals surface area contributed by atoms with Crippen molar-refractivity contribution in [1.29, 1.82) is 0 Å². The quantitative estimate of drug-likeness (QED) is 0.624. The third-order valence-corrected chi connectivity index (χ3v) is 2.81. The Morgan fingerprint density at radius 3 is 2.65 bits per heavy atom. The molecule has 1 aliphatic carbocycles. The van der Waals surface area contributed by atoms with Gasteiger partial charge in [-0.1, -0.05) is 35.0 Å². The SMILES string of the molecule is CON=C1C=CC(c2ccccc2N)=C(C)C1. The minimum absolute atomic E-state index is 0.800. The van der Waals surface area contributed by atoms with Crippen molar-refractivity contribution < 1.29 is 4.84 Å². The Kier molecular flexibility index (Phi) is 3.28. The van der Waals surface area contributed by atoms with Crippen molar-refractivity contribution in [2.24, 2.45) is 5.16 Å². The molecular formula is C14H16N2O. The number of hydrogen-bond acceptors (Lipinski definition) is 3. The first-order chi connectivity index (χ1) is 8.22. The molecule has 3 nitrogen and oxygen atoms in total. The van der Waals surface area contributed by atoms with Gasteiger partial charge >= 0.3 is 0 Å². The van der Waals surface area contributed by atoms with Crippen LogP contribution in [0, 0.1) is 0 Å². The lowest BCUT2D eigenvalue weighted by Crippen LogP contribution is -2.04. The fourth-order valence-electron chi connectivity index (χ4n) is 1.99. The van der Waals surface area contributed by atoms with E-state index in [1.54, 1.807) is 7.11 Å². The van der Waals surface area contributed by atoms with E-state index >= 15 is 0 Å². The van der Waals surface area contributed by atoms with Crippen LogP contribution in [-0.2, 0) is 4.84 Å². The predicted molar refractivity (Wildman–Crippen MR) is 71.6 cm³/mol. The van der Waals surface area contributed by atoms with Gasteiger partial charge in [0, 0.05) is 17.7 Å². The summed E-state index contributed by atoms with van der Waals surface area (Å²) in [5.74, 6) is 0. The number of benzene rings is 1. The fraction of sp³-hybridized carbons (Fsp3) is 0.214. The van der Waals surface area contributed by atoms with Crippen LogP contribution < -0.4 is 5.73 Å². The molecule has 0 saturated heterocycles. The minimum Gasteiger partial charge on any atom is -0.399 e. The van der Waals surface area contributed by atoms with E-state index in [4.69, 9.17) is 10.6 Å². The summed E-state index contributed by atoms with van der Waals surface area (Å²) < 4.78 is 0. The molecule has 0 unspecified atom stereocenters. The molecular weight excluding hydrogens is 212 g/mol. The van der Waals surface area contributed by atoms with Gasteiger partial charge in [-0.3, -0.25) is 0 Å². The lowest BCUT2D eigenvalue weighted by molar-refractivity contribution is 0.213. The molecule has 2 rings (SSSR count). The van der Waals surface area contributed by atoms with Crippen molar-refractivity contribution >= 4 is 17.0 Å². The summed E-state index contributed by atoms with van der Waals surface area (Å²) in [4.78, 5) is 4.78. The number of para-hydroxylation sites is 1. The monoisotopic (exact) mass is 228 g/mol. The molecule has 0 heterocycles. The molecule has 0 fully saturated rings. The van der Waals surface area contributed by atoms with Crippen LogP contribution >= 0.6 is 0 Å². The lowest BCUT2D eigenvalue weighted by Gasteiger charge is -2.15. The first-order valence-corrected chi connectivity index (χ1v) is 5.55. The van der Waals surface area contributed by atoms with E-state index in [9.17, 15) is 0 Å². The average molecular weight is 228 g/mol. The predicted octanol–water partition coefficient (Wildman–Crippen LogP) is 3.00. The molecule has 0 radical (unpaired) electrons. The normalized spacial score (nSPS) is 17.6. The Bertz CT molecular complexity index is 513. The second-order valence-electron chi connectivity index (χ2n) is 4.06. The molecule has 3 heteroatoms. The van der Waals surface area contributed by atoms with E-state index in [2.05, 4.69) is 12.1 Å². The van der Waals surface area contributed by atoms with Gasteiger partial charge in [0.2, 0.25) is 0 Å². The Balaban J connectivity index is 2.37. The molecule has 17 heavy (non-hydrogen) atoms. The van der Waals surface area contributed by atoms with E-state index in [0.29, 0.717) is 0 Å². The van der Waals surface area contributed by atoms with Gasteiger partial charge < -0.3 is 10.6 Å². The first kappa shape index (κ1) is 11.5. The molecule has 0 spiro atoms. The zero-order valence-electron chi connectivity index (χ0n) is 10.1. The number of hydrogen-bond donors (Lipinski definition) is 1. The number of nitrogens with zero attached hydrogens (tertiary/aromatic N) is 1. The van der Waals surface area contributed by atoms with Gasteiger partial charge in [-0.15, -0.1) is 0 Å². The van der Waals surface area contributed by atoms with Crippen molar-refractivity contribution in [3.63, 3.8) is 0 Å². The van der Waals surface area contributed by atoms with Gasteiger partial charge in [0.15, 0.2) is 0 Å². The number of allylic oxidation sites excluding steroid dienone is 4. The number of anilines is 1. The highest BCUT2D eigenvalue weighted by molar-refractivity contribution is 6.03. The van der Waals surface area contributed by atoms with Crippen molar-refractivity contribution in [1.82, 2.24) is 0 Å². The maximum absolute atomic E-state index is 5.98.